The van der Waals surface area contributed by atoms with Crippen molar-refractivity contribution in [2.75, 3.05) is 7.05 Å². The third-order valence-electron chi connectivity index (χ3n) is 3.94. The van der Waals surface area contributed by atoms with Gasteiger partial charge in [-0.3, -0.25) is 9.20 Å². The SMILES string of the molecule is CNS(=O)(=O)c1cccc(C(=O)OCc2cc(=O)n3cccc(C)c3n2)c1. The lowest BCUT2D eigenvalue weighted by Crippen LogP contribution is -2.19. The van der Waals surface area contributed by atoms with Crippen LogP contribution in [0.1, 0.15) is 21.6 Å². The smallest absolute Gasteiger partial charge is 0.338 e. The van der Waals surface area contributed by atoms with Crippen LogP contribution in [0.5, 0.6) is 0 Å². The Morgan fingerprint density at radius 2 is 2.00 bits per heavy atom. The molecule has 0 bridgehead atoms. The molecule has 1 aromatic carbocycles. The number of hydrogen-bond donors (Lipinski definition) is 1. The summed E-state index contributed by atoms with van der Waals surface area (Å²) in [6.07, 6.45) is 1.61. The Balaban J connectivity index is 1.82. The first-order valence-corrected chi connectivity index (χ1v) is 9.49. The zero-order valence-corrected chi connectivity index (χ0v) is 15.5. The highest BCUT2D eigenvalue weighted by Gasteiger charge is 2.15. The number of nitrogens with zero attached hydrogens (tertiary/aromatic N) is 2. The molecule has 2 heterocycles. The van der Waals surface area contributed by atoms with Gasteiger partial charge in [-0.05, 0) is 43.8 Å². The van der Waals surface area contributed by atoms with E-state index in [-0.39, 0.29) is 22.6 Å². The van der Waals surface area contributed by atoms with Crippen LogP contribution in [0.15, 0.2) is 58.4 Å². The maximum atomic E-state index is 12.3. The van der Waals surface area contributed by atoms with Crippen LogP contribution >= 0.6 is 0 Å². The van der Waals surface area contributed by atoms with Gasteiger partial charge in [0.05, 0.1) is 16.2 Å². The molecular weight excluding hydrogens is 370 g/mol. The van der Waals surface area contributed by atoms with Gasteiger partial charge in [0.25, 0.3) is 5.56 Å². The van der Waals surface area contributed by atoms with E-state index >= 15 is 0 Å². The van der Waals surface area contributed by atoms with E-state index < -0.39 is 16.0 Å². The number of carbonyl (C=O) groups excluding carboxylic acids is 1. The molecule has 0 unspecified atom stereocenters. The normalized spacial score (nSPS) is 11.5. The molecule has 2 aromatic heterocycles. The topological polar surface area (TPSA) is 107 Å². The van der Waals surface area contributed by atoms with Crippen LogP contribution < -0.4 is 10.3 Å². The standard InChI is InChI=1S/C18H17N3O5S/c1-12-5-4-8-21-16(22)10-14(20-17(12)21)11-26-18(23)13-6-3-7-15(9-13)27(24,25)19-2/h3-10,19H,11H2,1-2H3. The number of rotatable bonds is 5. The summed E-state index contributed by atoms with van der Waals surface area (Å²) in [5, 5.41) is 0. The van der Waals surface area contributed by atoms with E-state index in [4.69, 9.17) is 4.74 Å². The lowest BCUT2D eigenvalue weighted by Gasteiger charge is -2.08. The van der Waals surface area contributed by atoms with Crippen molar-refractivity contribution in [1.29, 1.82) is 0 Å². The van der Waals surface area contributed by atoms with E-state index in [1.807, 2.05) is 13.0 Å². The molecule has 27 heavy (non-hydrogen) atoms. The predicted octanol–water partition coefficient (Wildman–Crippen LogP) is 1.27. The van der Waals surface area contributed by atoms with E-state index in [1.165, 1.54) is 41.8 Å². The van der Waals surface area contributed by atoms with Gasteiger partial charge in [-0.2, -0.15) is 0 Å². The van der Waals surface area contributed by atoms with Crippen molar-refractivity contribution in [3.8, 4) is 0 Å². The van der Waals surface area contributed by atoms with Crippen LogP contribution in [-0.4, -0.2) is 30.8 Å². The van der Waals surface area contributed by atoms with Crippen LogP contribution in [-0.2, 0) is 21.4 Å². The number of benzene rings is 1. The van der Waals surface area contributed by atoms with Gasteiger partial charge in [0, 0.05) is 12.3 Å². The number of ether oxygens (including phenoxy) is 1. The summed E-state index contributed by atoms with van der Waals surface area (Å²) in [7, 11) is -2.39. The molecule has 0 aliphatic rings. The summed E-state index contributed by atoms with van der Waals surface area (Å²) in [6.45, 7) is 1.62. The van der Waals surface area contributed by atoms with E-state index in [0.29, 0.717) is 11.3 Å². The highest BCUT2D eigenvalue weighted by Crippen LogP contribution is 2.13. The molecule has 0 saturated heterocycles. The maximum Gasteiger partial charge on any atom is 0.338 e. The minimum absolute atomic E-state index is 0.0443. The van der Waals surface area contributed by atoms with Gasteiger partial charge in [-0.25, -0.2) is 22.9 Å². The van der Waals surface area contributed by atoms with Crippen molar-refractivity contribution < 1.29 is 17.9 Å². The second-order valence-electron chi connectivity index (χ2n) is 5.78. The van der Waals surface area contributed by atoms with Gasteiger partial charge >= 0.3 is 5.97 Å². The van der Waals surface area contributed by atoms with Crippen molar-refractivity contribution in [3.63, 3.8) is 0 Å². The highest BCUT2D eigenvalue weighted by molar-refractivity contribution is 7.89. The highest BCUT2D eigenvalue weighted by atomic mass is 32.2. The van der Waals surface area contributed by atoms with E-state index in [0.717, 1.165) is 5.56 Å². The summed E-state index contributed by atoms with van der Waals surface area (Å²) < 4.78 is 32.5. The van der Waals surface area contributed by atoms with Crippen LogP contribution in [0, 0.1) is 6.92 Å². The molecule has 9 heteroatoms. The number of carbonyl (C=O) groups is 1. The van der Waals surface area contributed by atoms with Crippen molar-refractivity contribution in [3.05, 3.63) is 75.8 Å². The van der Waals surface area contributed by atoms with E-state index in [2.05, 4.69) is 9.71 Å². The summed E-state index contributed by atoms with van der Waals surface area (Å²) >= 11 is 0. The molecule has 3 rings (SSSR count). The average Bonchev–Trinajstić information content (AvgIpc) is 2.67. The molecule has 0 aliphatic heterocycles. The minimum atomic E-state index is -3.67. The Bertz CT molecular complexity index is 1190. The first-order valence-electron chi connectivity index (χ1n) is 8.00. The van der Waals surface area contributed by atoms with Gasteiger partial charge in [-0.1, -0.05) is 12.1 Å². The molecule has 140 valence electrons. The van der Waals surface area contributed by atoms with Gasteiger partial charge in [0.2, 0.25) is 10.0 Å². The Kier molecular flexibility index (Phi) is 5.06. The van der Waals surface area contributed by atoms with Crippen molar-refractivity contribution in [1.82, 2.24) is 14.1 Å². The first kappa shape index (κ1) is 18.7. The summed E-state index contributed by atoms with van der Waals surface area (Å²) in [4.78, 5) is 28.7. The van der Waals surface area contributed by atoms with Gasteiger partial charge in [-0.15, -0.1) is 0 Å². The van der Waals surface area contributed by atoms with Crippen LogP contribution in [0.3, 0.4) is 0 Å². The Morgan fingerprint density at radius 1 is 1.22 bits per heavy atom. The summed E-state index contributed by atoms with van der Waals surface area (Å²) in [5.74, 6) is -0.713. The number of hydrogen-bond acceptors (Lipinski definition) is 6. The molecule has 3 aromatic rings. The lowest BCUT2D eigenvalue weighted by molar-refractivity contribution is 0.0467. The molecule has 0 aliphatic carbocycles. The van der Waals surface area contributed by atoms with Crippen molar-refractivity contribution in [2.24, 2.45) is 0 Å². The number of aromatic nitrogens is 2. The summed E-state index contributed by atoms with van der Waals surface area (Å²) in [6, 6.07) is 10.4. The first-order chi connectivity index (χ1) is 12.8. The molecule has 0 atom stereocenters. The monoisotopic (exact) mass is 387 g/mol. The Hall–Kier alpha value is -3.04. The molecule has 8 nitrogen and oxygen atoms in total. The molecule has 0 spiro atoms. The predicted molar refractivity (Wildman–Crippen MR) is 98.0 cm³/mol. The fraction of sp³-hybridized carbons (Fsp3) is 0.167. The zero-order valence-electron chi connectivity index (χ0n) is 14.7. The maximum absolute atomic E-state index is 12.3. The van der Waals surface area contributed by atoms with Crippen LogP contribution in [0.4, 0.5) is 0 Å². The molecular formula is C18H17N3O5S. The number of fused-ring (bicyclic) bond motifs is 1. The zero-order chi connectivity index (χ0) is 19.6. The van der Waals surface area contributed by atoms with Crippen molar-refractivity contribution in [2.45, 2.75) is 18.4 Å². The van der Waals surface area contributed by atoms with Gasteiger partial charge in [0.1, 0.15) is 12.3 Å². The van der Waals surface area contributed by atoms with Crippen molar-refractivity contribution >= 4 is 21.6 Å². The van der Waals surface area contributed by atoms with Crippen LogP contribution in [0.25, 0.3) is 5.65 Å². The number of sulfonamides is 1. The molecule has 0 fully saturated rings. The molecule has 0 radical (unpaired) electrons. The van der Waals surface area contributed by atoms with Crippen LogP contribution in [0.2, 0.25) is 0 Å². The minimum Gasteiger partial charge on any atom is -0.456 e. The number of pyridine rings is 1. The summed E-state index contributed by atoms with van der Waals surface area (Å²) in [5.41, 5.74) is 1.41. The Morgan fingerprint density at radius 3 is 2.74 bits per heavy atom. The third-order valence-corrected chi connectivity index (χ3v) is 5.35. The number of esters is 1. The fourth-order valence-corrected chi connectivity index (χ4v) is 3.29. The number of nitrogens with one attached hydrogen (secondary N) is 1. The van der Waals surface area contributed by atoms with Gasteiger partial charge < -0.3 is 4.74 Å². The molecule has 1 N–H and O–H groups in total. The third kappa shape index (κ3) is 3.88. The van der Waals surface area contributed by atoms with Gasteiger partial charge in [0.15, 0.2) is 0 Å². The number of aryl methyl sites for hydroxylation is 1. The van der Waals surface area contributed by atoms with E-state index in [1.54, 1.807) is 12.3 Å². The fourth-order valence-electron chi connectivity index (χ4n) is 2.51. The lowest BCUT2D eigenvalue weighted by atomic mass is 10.2. The quantitative estimate of drug-likeness (QED) is 0.661. The molecule has 0 saturated carbocycles. The molecule has 0 amide bonds. The average molecular weight is 387 g/mol. The Labute approximate surface area is 155 Å². The second-order valence-corrected chi connectivity index (χ2v) is 7.67. The van der Waals surface area contributed by atoms with E-state index in [9.17, 15) is 18.0 Å². The largest absolute Gasteiger partial charge is 0.456 e. The second kappa shape index (κ2) is 7.29.